The molecule has 0 heterocycles. The van der Waals surface area contributed by atoms with Crippen LogP contribution in [0, 0.1) is 0 Å². The fourth-order valence-corrected chi connectivity index (χ4v) is 11.4. The van der Waals surface area contributed by atoms with E-state index in [0.717, 1.165) is 15.9 Å². The molecule has 0 amide bonds. The van der Waals surface area contributed by atoms with Gasteiger partial charge in [0.2, 0.25) is 0 Å². The Balaban J connectivity index is 2.52. The Morgan fingerprint density at radius 2 is 1.19 bits per heavy atom. The van der Waals surface area contributed by atoms with Crippen LogP contribution in [0.15, 0.2) is 91.0 Å². The van der Waals surface area contributed by atoms with Crippen LogP contribution in [0.25, 0.3) is 0 Å². The zero-order chi connectivity index (χ0) is 19.4. The Labute approximate surface area is 167 Å². The predicted molar refractivity (Wildman–Crippen MR) is 117 cm³/mol. The fraction of sp³-hybridized carbons (Fsp3) is 0.136. The Hall–Kier alpha value is -2.00. The summed E-state index contributed by atoms with van der Waals surface area (Å²) in [6.07, 6.45) is 0. The van der Waals surface area contributed by atoms with Crippen molar-refractivity contribution < 1.29 is 14.6 Å². The van der Waals surface area contributed by atoms with E-state index in [0.29, 0.717) is 6.61 Å². The minimum atomic E-state index is -3.67. The number of ether oxygens (including phenoxy) is 1. The molecule has 0 bridgehead atoms. The number of aliphatic carboxylic acids is 1. The summed E-state index contributed by atoms with van der Waals surface area (Å²) in [5, 5.41) is 9.36. The first-order valence-electron chi connectivity index (χ1n) is 8.78. The van der Waals surface area contributed by atoms with Crippen molar-refractivity contribution >= 4 is 42.7 Å². The number of rotatable bonds is 7. The molecule has 3 nitrogen and oxygen atoms in total. The summed E-state index contributed by atoms with van der Waals surface area (Å²) in [5.74, 6) is -2.05. The topological polar surface area (TPSA) is 46.5 Å². The van der Waals surface area contributed by atoms with Crippen molar-refractivity contribution in [2.75, 3.05) is 6.61 Å². The number of carbonyl (C=O) groups is 1. The SMILES string of the molecule is CCOC(C(=O)O)P(Br)(c1ccccc1)(c1ccccc1)c1ccccc1. The van der Waals surface area contributed by atoms with E-state index in [1.54, 1.807) is 0 Å². The molecular formula is C22H22BrO3P. The van der Waals surface area contributed by atoms with E-state index in [4.69, 9.17) is 4.74 Å². The Morgan fingerprint density at radius 1 is 0.852 bits per heavy atom. The second-order valence-electron chi connectivity index (χ2n) is 6.23. The van der Waals surface area contributed by atoms with Crippen LogP contribution in [0.5, 0.6) is 0 Å². The van der Waals surface area contributed by atoms with E-state index in [1.807, 2.05) is 97.9 Å². The van der Waals surface area contributed by atoms with Crippen LogP contribution in [0.4, 0.5) is 0 Å². The van der Waals surface area contributed by atoms with Gasteiger partial charge in [-0.3, -0.25) is 0 Å². The maximum absolute atomic E-state index is 12.5. The number of hydrogen-bond donors (Lipinski definition) is 1. The van der Waals surface area contributed by atoms with Gasteiger partial charge in [0.1, 0.15) is 0 Å². The molecule has 0 aliphatic carbocycles. The van der Waals surface area contributed by atoms with Crippen LogP contribution in [-0.4, -0.2) is 23.5 Å². The molecule has 0 saturated heterocycles. The normalized spacial score (nSPS) is 14.1. The van der Waals surface area contributed by atoms with Crippen molar-refractivity contribution in [2.24, 2.45) is 0 Å². The average molecular weight is 445 g/mol. The van der Waals surface area contributed by atoms with Crippen LogP contribution >= 0.6 is 20.8 Å². The average Bonchev–Trinajstić information content (AvgIpc) is 2.73. The maximum atomic E-state index is 12.5. The molecule has 27 heavy (non-hydrogen) atoms. The van der Waals surface area contributed by atoms with Crippen LogP contribution < -0.4 is 15.9 Å². The van der Waals surface area contributed by atoms with Crippen molar-refractivity contribution in [2.45, 2.75) is 12.8 Å². The second kappa shape index (κ2) is 7.93. The van der Waals surface area contributed by atoms with E-state index in [-0.39, 0.29) is 0 Å². The first-order chi connectivity index (χ1) is 13.0. The van der Waals surface area contributed by atoms with Crippen LogP contribution in [-0.2, 0) is 9.53 Å². The molecule has 3 aromatic rings. The quantitative estimate of drug-likeness (QED) is 0.553. The molecule has 3 rings (SSSR count). The summed E-state index contributed by atoms with van der Waals surface area (Å²) < 4.78 is 5.95. The molecule has 0 aliphatic rings. The number of benzene rings is 3. The van der Waals surface area contributed by atoms with Gasteiger partial charge in [0.05, 0.1) is 0 Å². The molecule has 0 spiro atoms. The molecule has 1 N–H and O–H groups in total. The minimum absolute atomic E-state index is 0.299. The van der Waals surface area contributed by atoms with Gasteiger partial charge in [-0.05, 0) is 0 Å². The molecule has 1 unspecified atom stereocenters. The van der Waals surface area contributed by atoms with Gasteiger partial charge in [-0.2, -0.15) is 0 Å². The molecule has 0 radical (unpaired) electrons. The number of carboxylic acids is 1. The molecule has 140 valence electrons. The van der Waals surface area contributed by atoms with Gasteiger partial charge in [0, 0.05) is 0 Å². The summed E-state index contributed by atoms with van der Waals surface area (Å²) in [6, 6.07) is 29.4. The summed E-state index contributed by atoms with van der Waals surface area (Å²) in [5.41, 5.74) is 0. The number of halogens is 1. The van der Waals surface area contributed by atoms with E-state index >= 15 is 0 Å². The monoisotopic (exact) mass is 444 g/mol. The van der Waals surface area contributed by atoms with E-state index in [9.17, 15) is 9.90 Å². The molecule has 5 heteroatoms. The predicted octanol–water partition coefficient (Wildman–Crippen LogP) is 4.27. The van der Waals surface area contributed by atoms with Gasteiger partial charge in [-0.1, -0.05) is 0 Å². The van der Waals surface area contributed by atoms with Gasteiger partial charge in [0.25, 0.3) is 0 Å². The third-order valence-electron chi connectivity index (χ3n) is 4.76. The van der Waals surface area contributed by atoms with Crippen LogP contribution in [0.2, 0.25) is 0 Å². The van der Waals surface area contributed by atoms with E-state index in [2.05, 4.69) is 15.5 Å². The molecule has 1 atom stereocenters. The molecular weight excluding hydrogens is 423 g/mol. The molecule has 0 fully saturated rings. The molecule has 3 aromatic carbocycles. The Morgan fingerprint density at radius 3 is 1.44 bits per heavy atom. The van der Waals surface area contributed by atoms with Crippen LogP contribution in [0.1, 0.15) is 6.92 Å². The first-order valence-corrected chi connectivity index (χ1v) is 13.1. The Bertz CT molecular complexity index is 801. The van der Waals surface area contributed by atoms with Crippen LogP contribution in [0.3, 0.4) is 0 Å². The number of carboxylic acid groups (broad SMARTS) is 1. The first kappa shape index (κ1) is 19.8. The van der Waals surface area contributed by atoms with Crippen molar-refractivity contribution in [3.63, 3.8) is 0 Å². The summed E-state index contributed by atoms with van der Waals surface area (Å²) in [7, 11) is 0. The third kappa shape index (κ3) is 3.12. The summed E-state index contributed by atoms with van der Waals surface area (Å²) in [4.78, 5) is 12.5. The Kier molecular flexibility index (Phi) is 5.81. The third-order valence-corrected chi connectivity index (χ3v) is 14.7. The fourth-order valence-electron chi connectivity index (χ4n) is 3.59. The number of hydrogen-bond acceptors (Lipinski definition) is 2. The van der Waals surface area contributed by atoms with Crippen molar-refractivity contribution in [3.05, 3.63) is 91.0 Å². The van der Waals surface area contributed by atoms with E-state index in [1.165, 1.54) is 0 Å². The van der Waals surface area contributed by atoms with Gasteiger partial charge < -0.3 is 0 Å². The van der Waals surface area contributed by atoms with Crippen molar-refractivity contribution in [1.82, 2.24) is 0 Å². The zero-order valence-corrected chi connectivity index (χ0v) is 17.5. The van der Waals surface area contributed by atoms with Gasteiger partial charge >= 0.3 is 168 Å². The molecule has 0 aromatic heterocycles. The van der Waals surface area contributed by atoms with Crippen molar-refractivity contribution in [3.8, 4) is 0 Å². The van der Waals surface area contributed by atoms with Crippen molar-refractivity contribution in [1.29, 1.82) is 0 Å². The van der Waals surface area contributed by atoms with Gasteiger partial charge in [-0.15, -0.1) is 0 Å². The standard InChI is InChI=1S/C22H22BrO3P/c1-2-26-22(21(24)25)27(23,18-12-6-3-7-13-18,19-14-8-4-9-15-19)20-16-10-5-11-17-20/h3-17,22H,2H2,1H3,(H,24,25). The second-order valence-corrected chi connectivity index (χ2v) is 14.8. The summed E-state index contributed by atoms with van der Waals surface area (Å²) in [6.45, 7) is 2.12. The van der Waals surface area contributed by atoms with Gasteiger partial charge in [0.15, 0.2) is 0 Å². The molecule has 0 saturated carbocycles. The van der Waals surface area contributed by atoms with E-state index < -0.39 is 17.1 Å². The summed E-state index contributed by atoms with van der Waals surface area (Å²) >= 11 is 4.11. The zero-order valence-electron chi connectivity index (χ0n) is 15.0. The van der Waals surface area contributed by atoms with Gasteiger partial charge in [-0.25, -0.2) is 0 Å². The molecule has 0 aliphatic heterocycles.